The lowest BCUT2D eigenvalue weighted by molar-refractivity contribution is 0.0694. The van der Waals surface area contributed by atoms with Gasteiger partial charge in [0.15, 0.2) is 0 Å². The maximum atomic E-state index is 11.5. The number of benzene rings is 1. The first-order valence-corrected chi connectivity index (χ1v) is 9.22. The van der Waals surface area contributed by atoms with Crippen molar-refractivity contribution in [2.45, 2.75) is 13.0 Å². The predicted molar refractivity (Wildman–Crippen MR) is 102 cm³/mol. The largest absolute Gasteiger partial charge is 0.478 e. The van der Waals surface area contributed by atoms with E-state index in [-0.39, 0.29) is 0 Å². The Bertz CT molecular complexity index is 937. The molecule has 0 amide bonds. The molecule has 1 unspecified atom stereocenters. The van der Waals surface area contributed by atoms with Gasteiger partial charge in [-0.2, -0.15) is 0 Å². The maximum Gasteiger partial charge on any atom is 0.336 e. The van der Waals surface area contributed by atoms with E-state index in [0.29, 0.717) is 31.2 Å². The zero-order valence-corrected chi connectivity index (χ0v) is 15.1. The maximum absolute atomic E-state index is 11.5. The SMILES string of the molecule is O=C(O)c1ccccc1CN1CCOCC(Cc2nccn3cccc23)C1. The molecule has 2 aromatic heterocycles. The van der Waals surface area contributed by atoms with Gasteiger partial charge < -0.3 is 14.2 Å². The molecule has 0 spiro atoms. The third kappa shape index (κ3) is 4.02. The minimum absolute atomic E-state index is 0.318. The standard InChI is InChI=1S/C21H23N3O3/c25-21(26)18-5-2-1-4-17(18)14-23-10-11-27-15-16(13-23)12-19-20-6-3-8-24(20)9-7-22-19/h1-9,16H,10-15H2,(H,25,26). The molecule has 0 bridgehead atoms. The molecule has 4 rings (SSSR count). The molecule has 1 N–H and O–H groups in total. The summed E-state index contributed by atoms with van der Waals surface area (Å²) in [6, 6.07) is 11.3. The summed E-state index contributed by atoms with van der Waals surface area (Å²) >= 11 is 0. The van der Waals surface area contributed by atoms with Crippen molar-refractivity contribution in [3.05, 3.63) is 71.8 Å². The van der Waals surface area contributed by atoms with Gasteiger partial charge in [0.05, 0.1) is 30.0 Å². The molecule has 6 heteroatoms. The Kier molecular flexibility index (Phi) is 5.18. The van der Waals surface area contributed by atoms with Crippen molar-refractivity contribution in [3.8, 4) is 0 Å². The van der Waals surface area contributed by atoms with Crippen LogP contribution in [0.5, 0.6) is 0 Å². The molecule has 6 nitrogen and oxygen atoms in total. The summed E-state index contributed by atoms with van der Waals surface area (Å²) in [5.41, 5.74) is 3.42. The number of aromatic carboxylic acids is 1. The van der Waals surface area contributed by atoms with Crippen LogP contribution < -0.4 is 0 Å². The van der Waals surface area contributed by atoms with Gasteiger partial charge in [-0.15, -0.1) is 0 Å². The molecule has 0 aliphatic carbocycles. The molecule has 1 aromatic carbocycles. The fraction of sp³-hybridized carbons (Fsp3) is 0.333. The number of aromatic nitrogens is 2. The summed E-state index contributed by atoms with van der Waals surface area (Å²) in [6.07, 6.45) is 6.66. The zero-order chi connectivity index (χ0) is 18.6. The fourth-order valence-electron chi connectivity index (χ4n) is 3.79. The Labute approximate surface area is 158 Å². The van der Waals surface area contributed by atoms with E-state index in [4.69, 9.17) is 4.74 Å². The molecule has 1 fully saturated rings. The van der Waals surface area contributed by atoms with Crippen molar-refractivity contribution >= 4 is 11.5 Å². The summed E-state index contributed by atoms with van der Waals surface area (Å²) in [4.78, 5) is 18.3. The lowest BCUT2D eigenvalue weighted by Crippen LogP contribution is -2.31. The molecule has 1 saturated heterocycles. The summed E-state index contributed by atoms with van der Waals surface area (Å²) in [5, 5.41) is 9.42. The number of carboxylic acids is 1. The molecule has 1 aliphatic rings. The van der Waals surface area contributed by atoms with Crippen LogP contribution >= 0.6 is 0 Å². The number of fused-ring (bicyclic) bond motifs is 1. The smallest absolute Gasteiger partial charge is 0.336 e. The first kappa shape index (κ1) is 17.7. The average Bonchev–Trinajstić information content (AvgIpc) is 3.05. The number of rotatable bonds is 5. The molecule has 1 aliphatic heterocycles. The fourth-order valence-corrected chi connectivity index (χ4v) is 3.79. The lowest BCUT2D eigenvalue weighted by atomic mass is 10.0. The monoisotopic (exact) mass is 365 g/mol. The van der Waals surface area contributed by atoms with E-state index in [2.05, 4.69) is 20.4 Å². The van der Waals surface area contributed by atoms with Gasteiger partial charge in [-0.05, 0) is 30.2 Å². The van der Waals surface area contributed by atoms with Crippen LogP contribution in [0.3, 0.4) is 0 Å². The lowest BCUT2D eigenvalue weighted by Gasteiger charge is -2.24. The number of ether oxygens (including phenoxy) is 1. The normalized spacial score (nSPS) is 18.4. The first-order valence-electron chi connectivity index (χ1n) is 9.22. The van der Waals surface area contributed by atoms with Crippen LogP contribution in [-0.4, -0.2) is 51.7 Å². The van der Waals surface area contributed by atoms with Gasteiger partial charge in [0.25, 0.3) is 0 Å². The summed E-state index contributed by atoms with van der Waals surface area (Å²) in [5.74, 6) is -0.560. The van der Waals surface area contributed by atoms with Gasteiger partial charge in [0, 0.05) is 44.1 Å². The predicted octanol–water partition coefficient (Wildman–Crippen LogP) is 2.72. The highest BCUT2D eigenvalue weighted by Crippen LogP contribution is 2.19. The minimum Gasteiger partial charge on any atom is -0.478 e. The third-order valence-corrected chi connectivity index (χ3v) is 5.08. The molecule has 1 atom stereocenters. The minimum atomic E-state index is -0.877. The summed E-state index contributed by atoms with van der Waals surface area (Å²) < 4.78 is 7.91. The van der Waals surface area contributed by atoms with E-state index < -0.39 is 5.97 Å². The number of hydrogen-bond donors (Lipinski definition) is 1. The molecule has 27 heavy (non-hydrogen) atoms. The summed E-state index contributed by atoms with van der Waals surface area (Å²) in [7, 11) is 0. The molecule has 3 aromatic rings. The van der Waals surface area contributed by atoms with Crippen LogP contribution in [0.4, 0.5) is 0 Å². The van der Waals surface area contributed by atoms with E-state index in [9.17, 15) is 9.90 Å². The van der Waals surface area contributed by atoms with Crippen LogP contribution in [-0.2, 0) is 17.7 Å². The second-order valence-electron chi connectivity index (χ2n) is 7.02. The van der Waals surface area contributed by atoms with Crippen LogP contribution in [0.1, 0.15) is 21.6 Å². The van der Waals surface area contributed by atoms with Crippen molar-refractivity contribution in [1.29, 1.82) is 0 Å². The van der Waals surface area contributed by atoms with E-state index in [1.54, 1.807) is 12.1 Å². The van der Waals surface area contributed by atoms with E-state index in [0.717, 1.165) is 36.3 Å². The highest BCUT2D eigenvalue weighted by Gasteiger charge is 2.22. The van der Waals surface area contributed by atoms with E-state index >= 15 is 0 Å². The molecule has 0 saturated carbocycles. The Hall–Kier alpha value is -2.70. The van der Waals surface area contributed by atoms with E-state index in [1.165, 1.54) is 0 Å². The van der Waals surface area contributed by atoms with Crippen molar-refractivity contribution < 1.29 is 14.6 Å². The second kappa shape index (κ2) is 7.90. The highest BCUT2D eigenvalue weighted by molar-refractivity contribution is 5.89. The second-order valence-corrected chi connectivity index (χ2v) is 7.02. The van der Waals surface area contributed by atoms with Crippen LogP contribution in [0.25, 0.3) is 5.52 Å². The summed E-state index contributed by atoms with van der Waals surface area (Å²) in [6.45, 7) is 3.63. The Morgan fingerprint density at radius 1 is 1.22 bits per heavy atom. The Balaban J connectivity index is 1.50. The molecular weight excluding hydrogens is 342 g/mol. The topological polar surface area (TPSA) is 67.1 Å². The molecular formula is C21H23N3O3. The Morgan fingerprint density at radius 3 is 3.00 bits per heavy atom. The number of carbonyl (C=O) groups is 1. The molecule has 140 valence electrons. The van der Waals surface area contributed by atoms with Crippen LogP contribution in [0.15, 0.2) is 55.0 Å². The third-order valence-electron chi connectivity index (χ3n) is 5.08. The van der Waals surface area contributed by atoms with Gasteiger partial charge >= 0.3 is 5.97 Å². The first-order chi connectivity index (χ1) is 13.2. The highest BCUT2D eigenvalue weighted by atomic mass is 16.5. The van der Waals surface area contributed by atoms with Gasteiger partial charge in [0.2, 0.25) is 0 Å². The van der Waals surface area contributed by atoms with Crippen molar-refractivity contribution in [2.24, 2.45) is 5.92 Å². The molecule has 0 radical (unpaired) electrons. The van der Waals surface area contributed by atoms with Crippen LogP contribution in [0, 0.1) is 5.92 Å². The zero-order valence-electron chi connectivity index (χ0n) is 15.1. The van der Waals surface area contributed by atoms with Crippen molar-refractivity contribution in [1.82, 2.24) is 14.3 Å². The van der Waals surface area contributed by atoms with Crippen LogP contribution in [0.2, 0.25) is 0 Å². The number of carboxylic acid groups (broad SMARTS) is 1. The van der Waals surface area contributed by atoms with E-state index in [1.807, 2.05) is 36.8 Å². The molecule has 3 heterocycles. The van der Waals surface area contributed by atoms with Gasteiger partial charge in [-0.3, -0.25) is 9.88 Å². The van der Waals surface area contributed by atoms with Gasteiger partial charge in [-0.1, -0.05) is 18.2 Å². The van der Waals surface area contributed by atoms with Gasteiger partial charge in [0.1, 0.15) is 0 Å². The Morgan fingerprint density at radius 2 is 2.11 bits per heavy atom. The number of nitrogens with zero attached hydrogens (tertiary/aromatic N) is 3. The quantitative estimate of drug-likeness (QED) is 0.753. The van der Waals surface area contributed by atoms with Crippen molar-refractivity contribution in [3.63, 3.8) is 0 Å². The average molecular weight is 365 g/mol. The number of hydrogen-bond acceptors (Lipinski definition) is 4. The van der Waals surface area contributed by atoms with Gasteiger partial charge in [-0.25, -0.2) is 4.79 Å². The van der Waals surface area contributed by atoms with Crippen molar-refractivity contribution in [2.75, 3.05) is 26.3 Å².